The molecule has 1 fully saturated rings. The number of ketones is 1. The molecule has 1 atom stereocenters. The number of likely N-dealkylation sites (tertiary alicyclic amines) is 1. The van der Waals surface area contributed by atoms with Crippen LogP contribution in [0.1, 0.15) is 48.1 Å². The molecule has 0 bridgehead atoms. The van der Waals surface area contributed by atoms with Crippen molar-refractivity contribution < 1.29 is 19.4 Å². The zero-order chi connectivity index (χ0) is 24.4. The lowest BCUT2D eigenvalue weighted by atomic mass is 9.92. The van der Waals surface area contributed by atoms with Crippen LogP contribution in [0.5, 0.6) is 5.75 Å². The topological polar surface area (TPSA) is 70.1 Å². The molecule has 1 unspecified atom stereocenters. The number of amides is 1. The number of halogens is 1. The highest BCUT2D eigenvalue weighted by Crippen LogP contribution is 2.42. The van der Waals surface area contributed by atoms with Crippen LogP contribution in [-0.2, 0) is 9.59 Å². The summed E-state index contributed by atoms with van der Waals surface area (Å²) in [5.41, 5.74) is 3.03. The molecule has 2 aromatic rings. The van der Waals surface area contributed by atoms with Gasteiger partial charge in [0.1, 0.15) is 11.5 Å². The van der Waals surface area contributed by atoms with E-state index in [1.807, 2.05) is 50.2 Å². The second-order valence-corrected chi connectivity index (χ2v) is 9.35. The molecule has 0 radical (unpaired) electrons. The van der Waals surface area contributed by atoms with E-state index in [4.69, 9.17) is 16.3 Å². The van der Waals surface area contributed by atoms with Gasteiger partial charge in [-0.3, -0.25) is 9.59 Å². The molecular weight excluding hydrogens is 440 g/mol. The van der Waals surface area contributed by atoms with Crippen molar-refractivity contribution in [2.45, 2.75) is 32.7 Å². The molecule has 33 heavy (non-hydrogen) atoms. The van der Waals surface area contributed by atoms with Gasteiger partial charge < -0.3 is 19.6 Å². The van der Waals surface area contributed by atoms with Gasteiger partial charge in [-0.15, -0.1) is 0 Å². The normalized spacial score (nSPS) is 18.0. The Labute approximate surface area is 200 Å². The molecule has 1 saturated heterocycles. The fourth-order valence-electron chi connectivity index (χ4n) is 4.09. The average molecular weight is 471 g/mol. The third-order valence-electron chi connectivity index (χ3n) is 5.89. The van der Waals surface area contributed by atoms with Crippen molar-refractivity contribution in [2.24, 2.45) is 0 Å². The summed E-state index contributed by atoms with van der Waals surface area (Å²) in [6, 6.07) is 10.5. The van der Waals surface area contributed by atoms with Crippen LogP contribution in [0.3, 0.4) is 0 Å². The van der Waals surface area contributed by atoms with E-state index in [-0.39, 0.29) is 22.6 Å². The fourth-order valence-corrected chi connectivity index (χ4v) is 4.44. The summed E-state index contributed by atoms with van der Waals surface area (Å²) in [5.74, 6) is -1.04. The number of aliphatic hydroxyl groups excluding tert-OH is 1. The first kappa shape index (κ1) is 24.8. The molecule has 1 heterocycles. The highest BCUT2D eigenvalue weighted by atomic mass is 35.5. The first-order valence-electron chi connectivity index (χ1n) is 10.9. The molecular formula is C26H31ClN2O4. The van der Waals surface area contributed by atoms with Gasteiger partial charge in [-0.05, 0) is 55.8 Å². The number of Topliss-reactive ketones (excluding diaryl/α,β-unsaturated/α-hetero) is 1. The minimum Gasteiger partial charge on any atom is -0.507 e. The fraction of sp³-hybridized carbons (Fsp3) is 0.385. The summed E-state index contributed by atoms with van der Waals surface area (Å²) < 4.78 is 5.42. The SMILES string of the molecule is COc1c(Cl)cc(C)cc1/C(O)=C1\C(=O)C(=O)N(CCN(C)C)C1c1ccc(C(C)C)cc1. The van der Waals surface area contributed by atoms with Gasteiger partial charge in [-0.2, -0.15) is 0 Å². The van der Waals surface area contributed by atoms with Crippen LogP contribution in [0.2, 0.25) is 5.02 Å². The quantitative estimate of drug-likeness (QED) is 0.359. The van der Waals surface area contributed by atoms with Gasteiger partial charge in [0.15, 0.2) is 0 Å². The third kappa shape index (κ3) is 4.92. The Morgan fingerprint density at radius 1 is 1.18 bits per heavy atom. The lowest BCUT2D eigenvalue weighted by Crippen LogP contribution is -2.35. The number of methoxy groups -OCH3 is 1. The smallest absolute Gasteiger partial charge is 0.295 e. The molecule has 1 aliphatic heterocycles. The number of benzene rings is 2. The van der Waals surface area contributed by atoms with Crippen LogP contribution in [0.15, 0.2) is 42.0 Å². The summed E-state index contributed by atoms with van der Waals surface area (Å²) in [4.78, 5) is 29.7. The molecule has 0 aliphatic carbocycles. The maximum absolute atomic E-state index is 13.2. The number of likely N-dealkylation sites (N-methyl/N-ethyl adjacent to an activating group) is 1. The second-order valence-electron chi connectivity index (χ2n) is 8.94. The largest absolute Gasteiger partial charge is 0.507 e. The number of hydrogen-bond donors (Lipinski definition) is 1. The second kappa shape index (κ2) is 9.98. The number of aliphatic hydroxyl groups is 1. The van der Waals surface area contributed by atoms with Gasteiger partial charge in [-0.1, -0.05) is 49.7 Å². The molecule has 0 saturated carbocycles. The molecule has 0 aromatic heterocycles. The molecule has 1 amide bonds. The van der Waals surface area contributed by atoms with E-state index in [0.29, 0.717) is 24.0 Å². The Hall–Kier alpha value is -2.83. The Bertz CT molecular complexity index is 1090. The Morgan fingerprint density at radius 2 is 1.82 bits per heavy atom. The van der Waals surface area contributed by atoms with Gasteiger partial charge in [0.2, 0.25) is 0 Å². The minimum atomic E-state index is -0.719. The molecule has 3 rings (SSSR count). The lowest BCUT2D eigenvalue weighted by Gasteiger charge is -2.27. The Kier molecular flexibility index (Phi) is 7.50. The first-order chi connectivity index (χ1) is 15.6. The number of carbonyl (C=O) groups is 2. The molecule has 176 valence electrons. The van der Waals surface area contributed by atoms with Crippen LogP contribution in [0.25, 0.3) is 5.76 Å². The van der Waals surface area contributed by atoms with Crippen LogP contribution in [0, 0.1) is 6.92 Å². The van der Waals surface area contributed by atoms with E-state index >= 15 is 0 Å². The Morgan fingerprint density at radius 3 is 2.36 bits per heavy atom. The summed E-state index contributed by atoms with van der Waals surface area (Å²) >= 11 is 6.34. The number of rotatable bonds is 7. The van der Waals surface area contributed by atoms with Crippen molar-refractivity contribution in [3.63, 3.8) is 0 Å². The van der Waals surface area contributed by atoms with Crippen molar-refractivity contribution in [1.82, 2.24) is 9.80 Å². The van der Waals surface area contributed by atoms with Gasteiger partial charge in [-0.25, -0.2) is 0 Å². The van der Waals surface area contributed by atoms with E-state index in [2.05, 4.69) is 13.8 Å². The molecule has 6 nitrogen and oxygen atoms in total. The van der Waals surface area contributed by atoms with E-state index in [1.165, 1.54) is 12.0 Å². The predicted octanol–water partition coefficient (Wildman–Crippen LogP) is 4.76. The predicted molar refractivity (Wildman–Crippen MR) is 131 cm³/mol. The summed E-state index contributed by atoms with van der Waals surface area (Å²) in [6.07, 6.45) is 0. The Balaban J connectivity index is 2.23. The average Bonchev–Trinajstić information content (AvgIpc) is 3.01. The van der Waals surface area contributed by atoms with Crippen molar-refractivity contribution in [3.05, 3.63) is 69.2 Å². The number of carbonyl (C=O) groups excluding carboxylic acids is 2. The van der Waals surface area contributed by atoms with E-state index in [9.17, 15) is 14.7 Å². The minimum absolute atomic E-state index is 0.0380. The summed E-state index contributed by atoms with van der Waals surface area (Å²) in [7, 11) is 5.26. The lowest BCUT2D eigenvalue weighted by molar-refractivity contribution is -0.140. The van der Waals surface area contributed by atoms with Gasteiger partial charge in [0, 0.05) is 13.1 Å². The highest BCUT2D eigenvalue weighted by molar-refractivity contribution is 6.46. The van der Waals surface area contributed by atoms with Gasteiger partial charge >= 0.3 is 0 Å². The van der Waals surface area contributed by atoms with Crippen molar-refractivity contribution in [3.8, 4) is 5.75 Å². The third-order valence-corrected chi connectivity index (χ3v) is 6.17. The van der Waals surface area contributed by atoms with Gasteiger partial charge in [0.05, 0.1) is 29.3 Å². The standard InChI is InChI=1S/C26H31ClN2O4/c1-15(2)17-7-9-18(10-8-17)22-21(24(31)26(32)29(22)12-11-28(4)5)23(30)19-13-16(3)14-20(27)25(19)33-6/h7-10,13-15,22,30H,11-12H2,1-6H3/b23-21+. The maximum Gasteiger partial charge on any atom is 0.295 e. The van der Waals surface area contributed by atoms with Crippen molar-refractivity contribution in [1.29, 1.82) is 0 Å². The molecule has 0 spiro atoms. The number of hydrogen-bond acceptors (Lipinski definition) is 5. The van der Waals surface area contributed by atoms with E-state index in [1.54, 1.807) is 12.1 Å². The monoisotopic (exact) mass is 470 g/mol. The number of ether oxygens (including phenoxy) is 1. The van der Waals surface area contributed by atoms with Crippen LogP contribution in [-0.4, -0.2) is 60.9 Å². The van der Waals surface area contributed by atoms with Crippen LogP contribution >= 0.6 is 11.6 Å². The van der Waals surface area contributed by atoms with E-state index in [0.717, 1.165) is 16.7 Å². The molecule has 1 N–H and O–H groups in total. The maximum atomic E-state index is 13.2. The van der Waals surface area contributed by atoms with E-state index < -0.39 is 17.7 Å². The van der Waals surface area contributed by atoms with Gasteiger partial charge in [0.25, 0.3) is 11.7 Å². The molecule has 1 aliphatic rings. The first-order valence-corrected chi connectivity index (χ1v) is 11.3. The molecule has 7 heteroatoms. The number of aryl methyl sites for hydroxylation is 1. The molecule has 2 aromatic carbocycles. The van der Waals surface area contributed by atoms with Crippen molar-refractivity contribution in [2.75, 3.05) is 34.3 Å². The summed E-state index contributed by atoms with van der Waals surface area (Å²) in [5, 5.41) is 11.7. The zero-order valence-electron chi connectivity index (χ0n) is 20.0. The summed E-state index contributed by atoms with van der Waals surface area (Å²) in [6.45, 7) is 6.96. The highest BCUT2D eigenvalue weighted by Gasteiger charge is 2.46. The zero-order valence-corrected chi connectivity index (χ0v) is 20.7. The van der Waals surface area contributed by atoms with Crippen molar-refractivity contribution >= 4 is 29.1 Å². The number of nitrogens with zero attached hydrogens (tertiary/aromatic N) is 2. The van der Waals surface area contributed by atoms with Crippen LogP contribution in [0.4, 0.5) is 0 Å². The van der Waals surface area contributed by atoms with Crippen LogP contribution < -0.4 is 4.74 Å².